The van der Waals surface area contributed by atoms with Crippen molar-refractivity contribution in [2.24, 2.45) is 11.3 Å². The molecule has 2 bridgehead atoms. The molecule has 0 aromatic heterocycles. The van der Waals surface area contributed by atoms with Gasteiger partial charge in [0.2, 0.25) is 0 Å². The summed E-state index contributed by atoms with van der Waals surface area (Å²) in [6.07, 6.45) is 15.6. The maximum atomic E-state index is 6.09. The van der Waals surface area contributed by atoms with Gasteiger partial charge in [-0.1, -0.05) is 76.7 Å². The molecule has 0 aromatic carbocycles. The van der Waals surface area contributed by atoms with Crippen LogP contribution in [0.1, 0.15) is 78.1 Å². The predicted octanol–water partition coefficient (Wildman–Crippen LogP) is 5.55. The van der Waals surface area contributed by atoms with Gasteiger partial charge in [0.1, 0.15) is 6.71 Å². The second-order valence-electron chi connectivity index (χ2n) is 9.85. The van der Waals surface area contributed by atoms with Crippen molar-refractivity contribution < 1.29 is 9.47 Å². The number of rotatable bonds is 3. The highest BCUT2D eigenvalue weighted by atomic mass is 16.7. The molecule has 1 aliphatic carbocycles. The molecule has 3 heterocycles. The summed E-state index contributed by atoms with van der Waals surface area (Å²) < 4.78 is 12.2. The van der Waals surface area contributed by atoms with Gasteiger partial charge < -0.3 is 9.47 Å². The van der Waals surface area contributed by atoms with E-state index in [1.807, 2.05) is 0 Å². The minimum absolute atomic E-state index is 0.227. The van der Waals surface area contributed by atoms with Gasteiger partial charge in [-0.25, -0.2) is 0 Å². The van der Waals surface area contributed by atoms with Gasteiger partial charge in [-0.3, -0.25) is 0 Å². The Labute approximate surface area is 143 Å². The van der Waals surface area contributed by atoms with Gasteiger partial charge in [0.15, 0.2) is 5.79 Å². The van der Waals surface area contributed by atoms with E-state index in [-0.39, 0.29) is 5.79 Å². The van der Waals surface area contributed by atoms with Crippen molar-refractivity contribution in [1.82, 2.24) is 0 Å². The fraction of sp³-hybridized carbons (Fsp3) is 1.00. The van der Waals surface area contributed by atoms with Crippen molar-refractivity contribution in [2.75, 3.05) is 13.2 Å². The summed E-state index contributed by atoms with van der Waals surface area (Å²) in [5.41, 5.74) is 0.371. The maximum absolute atomic E-state index is 6.09. The van der Waals surface area contributed by atoms with Crippen LogP contribution in [-0.2, 0) is 9.47 Å². The molecule has 3 aliphatic heterocycles. The molecule has 0 aromatic rings. The molecule has 1 spiro atoms. The highest BCUT2D eigenvalue weighted by Crippen LogP contribution is 2.52. The van der Waals surface area contributed by atoms with Crippen LogP contribution in [0.5, 0.6) is 0 Å². The first-order valence-electron chi connectivity index (χ1n) is 10.3. The third-order valence-electron chi connectivity index (χ3n) is 7.42. The summed E-state index contributed by atoms with van der Waals surface area (Å²) in [7, 11) is 0. The molecule has 4 fully saturated rings. The third-order valence-corrected chi connectivity index (χ3v) is 7.42. The number of hydrogen-bond acceptors (Lipinski definition) is 2. The molecular formula is C20H35BO2. The van der Waals surface area contributed by atoms with Crippen LogP contribution in [0.2, 0.25) is 18.0 Å². The molecule has 1 atom stereocenters. The zero-order valence-corrected chi connectivity index (χ0v) is 15.3. The van der Waals surface area contributed by atoms with Crippen LogP contribution in [0, 0.1) is 11.3 Å². The van der Waals surface area contributed by atoms with Crippen LogP contribution in [0.3, 0.4) is 0 Å². The fourth-order valence-electron chi connectivity index (χ4n) is 6.80. The van der Waals surface area contributed by atoms with Gasteiger partial charge in [-0.2, -0.15) is 0 Å². The van der Waals surface area contributed by atoms with Crippen molar-refractivity contribution in [3.63, 3.8) is 0 Å². The number of hydrogen-bond donors (Lipinski definition) is 0. The fourth-order valence-corrected chi connectivity index (χ4v) is 6.80. The van der Waals surface area contributed by atoms with Crippen LogP contribution >= 0.6 is 0 Å². The Balaban J connectivity index is 1.38. The topological polar surface area (TPSA) is 18.5 Å². The van der Waals surface area contributed by atoms with Gasteiger partial charge in [-0.15, -0.1) is 0 Å². The van der Waals surface area contributed by atoms with Crippen molar-refractivity contribution in [3.05, 3.63) is 0 Å². The second kappa shape index (κ2) is 6.37. The lowest BCUT2D eigenvalue weighted by Gasteiger charge is -2.46. The molecule has 0 N–H and O–H groups in total. The first kappa shape index (κ1) is 16.5. The van der Waals surface area contributed by atoms with Crippen molar-refractivity contribution in [3.8, 4) is 0 Å². The van der Waals surface area contributed by atoms with E-state index in [1.54, 1.807) is 0 Å². The Kier molecular flexibility index (Phi) is 4.56. The van der Waals surface area contributed by atoms with Crippen molar-refractivity contribution in [2.45, 2.75) is 102 Å². The van der Waals surface area contributed by atoms with Gasteiger partial charge in [0, 0.05) is 12.8 Å². The van der Waals surface area contributed by atoms with Crippen molar-refractivity contribution >= 4 is 6.71 Å². The van der Waals surface area contributed by atoms with Crippen molar-refractivity contribution in [1.29, 1.82) is 0 Å². The molecule has 2 nitrogen and oxygen atoms in total. The second-order valence-corrected chi connectivity index (χ2v) is 9.85. The van der Waals surface area contributed by atoms with Crippen LogP contribution in [0.25, 0.3) is 0 Å². The molecule has 130 valence electrons. The first-order valence-corrected chi connectivity index (χ1v) is 10.3. The molecule has 1 saturated carbocycles. The molecule has 3 saturated heterocycles. The van der Waals surface area contributed by atoms with E-state index in [9.17, 15) is 0 Å². The average Bonchev–Trinajstić information content (AvgIpc) is 2.90. The quantitative estimate of drug-likeness (QED) is 0.635. The van der Waals surface area contributed by atoms with Crippen LogP contribution in [-0.4, -0.2) is 25.7 Å². The molecule has 1 unspecified atom stereocenters. The summed E-state index contributed by atoms with van der Waals surface area (Å²) >= 11 is 0. The highest BCUT2D eigenvalue weighted by molar-refractivity contribution is 6.62. The molecule has 4 rings (SSSR count). The largest absolute Gasteiger partial charge is 0.348 e. The number of ether oxygens (including phenoxy) is 2. The molecule has 4 aliphatic rings. The summed E-state index contributed by atoms with van der Waals surface area (Å²) in [5, 5.41) is 0. The monoisotopic (exact) mass is 318 g/mol. The molecule has 3 heteroatoms. The van der Waals surface area contributed by atoms with E-state index in [4.69, 9.17) is 9.47 Å². The first-order chi connectivity index (χ1) is 11.1. The Morgan fingerprint density at radius 1 is 0.913 bits per heavy atom. The lowest BCUT2D eigenvalue weighted by molar-refractivity contribution is -0.209. The van der Waals surface area contributed by atoms with E-state index >= 15 is 0 Å². The smallest absolute Gasteiger partial charge is 0.169 e. The summed E-state index contributed by atoms with van der Waals surface area (Å²) in [5.74, 6) is 2.70. The average molecular weight is 318 g/mol. The Morgan fingerprint density at radius 3 is 2.13 bits per heavy atom. The van der Waals surface area contributed by atoms with E-state index < -0.39 is 0 Å². The van der Waals surface area contributed by atoms with E-state index in [1.165, 1.54) is 57.7 Å². The summed E-state index contributed by atoms with van der Waals surface area (Å²) in [6.45, 7) is 7.48. The van der Waals surface area contributed by atoms with Gasteiger partial charge in [0.05, 0.1) is 13.2 Å². The number of fused-ring (bicyclic) bond motifs is 2. The third kappa shape index (κ3) is 3.51. The van der Waals surface area contributed by atoms with E-state index in [0.29, 0.717) is 5.41 Å². The van der Waals surface area contributed by atoms with Gasteiger partial charge >= 0.3 is 0 Å². The Hall–Kier alpha value is -0.0151. The zero-order valence-electron chi connectivity index (χ0n) is 15.3. The van der Waals surface area contributed by atoms with Gasteiger partial charge in [0.25, 0.3) is 0 Å². The molecular weight excluding hydrogens is 283 g/mol. The lowest BCUT2D eigenvalue weighted by Crippen LogP contribution is -2.44. The maximum Gasteiger partial charge on any atom is 0.169 e. The van der Waals surface area contributed by atoms with Crippen LogP contribution in [0.15, 0.2) is 0 Å². The molecule has 23 heavy (non-hydrogen) atoms. The zero-order chi connectivity index (χ0) is 15.9. The normalized spacial score (nSPS) is 38.9. The minimum Gasteiger partial charge on any atom is -0.348 e. The Bertz CT molecular complexity index is 394. The van der Waals surface area contributed by atoms with Crippen LogP contribution in [0.4, 0.5) is 0 Å². The lowest BCUT2D eigenvalue weighted by atomic mass is 9.25. The summed E-state index contributed by atoms with van der Waals surface area (Å²) in [4.78, 5) is 0. The van der Waals surface area contributed by atoms with Crippen LogP contribution < -0.4 is 0 Å². The van der Waals surface area contributed by atoms with E-state index in [2.05, 4.69) is 13.8 Å². The molecule has 0 radical (unpaired) electrons. The molecule has 0 amide bonds. The highest BCUT2D eigenvalue weighted by Gasteiger charge is 2.48. The van der Waals surface area contributed by atoms with Gasteiger partial charge in [-0.05, 0) is 17.8 Å². The standard InChI is InChI=1S/C20H35BO2/c1-19(2)13-16(14-20(15-19)22-11-12-23-20)9-10-21-17-5-3-6-18(21)8-4-7-17/h16-18H,3-15H2,1-2H3. The predicted molar refractivity (Wildman–Crippen MR) is 96.1 cm³/mol. The van der Waals surface area contributed by atoms with E-state index in [0.717, 1.165) is 50.3 Å². The summed E-state index contributed by atoms with van der Waals surface area (Å²) in [6, 6.07) is 0. The Morgan fingerprint density at radius 2 is 1.52 bits per heavy atom. The minimum atomic E-state index is -0.227. The SMILES string of the molecule is CC1(C)CC(CCB2C3CCCC2CCC3)CC2(C1)OCCO2.